The van der Waals surface area contributed by atoms with E-state index in [4.69, 9.17) is 5.26 Å². The number of aliphatic hydroxyl groups excluding tert-OH is 1. The maximum atomic E-state index is 12.5. The minimum Gasteiger partial charge on any atom is -0.390 e. The maximum absolute atomic E-state index is 12.5. The first kappa shape index (κ1) is 15.4. The van der Waals surface area contributed by atoms with E-state index in [0.717, 1.165) is 32.1 Å². The van der Waals surface area contributed by atoms with Gasteiger partial charge in [0.25, 0.3) is 5.91 Å². The van der Waals surface area contributed by atoms with Gasteiger partial charge in [-0.3, -0.25) is 10.1 Å². The van der Waals surface area contributed by atoms with Crippen molar-refractivity contribution in [2.24, 2.45) is 11.8 Å². The second kappa shape index (κ2) is 5.17. The Morgan fingerprint density at radius 1 is 1.30 bits per heavy atom. The van der Waals surface area contributed by atoms with Crippen LogP contribution in [0.1, 0.15) is 51.4 Å². The summed E-state index contributed by atoms with van der Waals surface area (Å²) in [6.07, 6.45) is 5.59. The quantitative estimate of drug-likeness (QED) is 0.658. The molecular formula is C17H25N3O3. The fourth-order valence-corrected chi connectivity index (χ4v) is 6.06. The molecule has 0 aromatic rings. The number of carbonyl (C=O) groups excluding carboxylic acids is 1. The van der Waals surface area contributed by atoms with Crippen molar-refractivity contribution in [3.8, 4) is 6.07 Å². The van der Waals surface area contributed by atoms with Crippen molar-refractivity contribution < 1.29 is 15.0 Å². The van der Waals surface area contributed by atoms with Gasteiger partial charge in [-0.15, -0.1) is 0 Å². The summed E-state index contributed by atoms with van der Waals surface area (Å²) in [5.41, 5.74) is -0.946. The first-order valence-corrected chi connectivity index (χ1v) is 8.80. The summed E-state index contributed by atoms with van der Waals surface area (Å²) in [5, 5.41) is 33.5. The summed E-state index contributed by atoms with van der Waals surface area (Å²) in [5.74, 6) is 0.598. The highest BCUT2D eigenvalue weighted by atomic mass is 16.3. The van der Waals surface area contributed by atoms with Crippen LogP contribution in [0.2, 0.25) is 0 Å². The molecule has 4 saturated carbocycles. The van der Waals surface area contributed by atoms with E-state index in [-0.39, 0.29) is 5.54 Å². The van der Waals surface area contributed by atoms with Crippen LogP contribution in [-0.2, 0) is 4.79 Å². The number of carbonyl (C=O) groups is 1. The van der Waals surface area contributed by atoms with E-state index in [1.54, 1.807) is 0 Å². The maximum Gasteiger partial charge on any atom is 0.267 e. The Morgan fingerprint density at radius 3 is 2.61 bits per heavy atom. The van der Waals surface area contributed by atoms with Gasteiger partial charge >= 0.3 is 0 Å². The molecule has 23 heavy (non-hydrogen) atoms. The number of rotatable bonds is 3. The van der Waals surface area contributed by atoms with Gasteiger partial charge in [0.1, 0.15) is 6.04 Å². The monoisotopic (exact) mass is 319 g/mol. The van der Waals surface area contributed by atoms with E-state index in [1.807, 2.05) is 0 Å². The van der Waals surface area contributed by atoms with E-state index in [1.165, 1.54) is 11.3 Å². The molecule has 1 saturated heterocycles. The van der Waals surface area contributed by atoms with Crippen LogP contribution in [-0.4, -0.2) is 51.0 Å². The molecule has 0 spiro atoms. The van der Waals surface area contributed by atoms with Gasteiger partial charge in [0.05, 0.1) is 11.7 Å². The first-order valence-electron chi connectivity index (χ1n) is 8.80. The summed E-state index contributed by atoms with van der Waals surface area (Å²) >= 11 is 0. The third kappa shape index (κ3) is 2.55. The zero-order valence-electron chi connectivity index (χ0n) is 13.4. The van der Waals surface area contributed by atoms with Crippen molar-refractivity contribution in [2.75, 3.05) is 6.54 Å². The van der Waals surface area contributed by atoms with E-state index >= 15 is 0 Å². The summed E-state index contributed by atoms with van der Waals surface area (Å²) < 4.78 is 0. The fourth-order valence-electron chi connectivity index (χ4n) is 6.06. The van der Waals surface area contributed by atoms with E-state index in [2.05, 4.69) is 11.4 Å². The lowest BCUT2D eigenvalue weighted by Gasteiger charge is -2.60. The predicted molar refractivity (Wildman–Crippen MR) is 81.9 cm³/mol. The third-order valence-corrected chi connectivity index (χ3v) is 6.39. The van der Waals surface area contributed by atoms with Gasteiger partial charge in [-0.1, -0.05) is 0 Å². The van der Waals surface area contributed by atoms with Crippen molar-refractivity contribution in [2.45, 2.75) is 74.8 Å². The zero-order valence-corrected chi connectivity index (χ0v) is 13.4. The number of likely N-dealkylation sites (tertiary alicyclic amines) is 1. The Bertz CT molecular complexity index is 544. The standard InChI is InChI=1S/C17H25N3O3/c18-9-13-2-1-3-20(13)15(22)14(21)19-16-5-11-4-12(6-16)8-17(23,7-11)10-16/h11-14,19,21,23H,1-8,10H2/t11-,12+,13-,14?,16?,17?/m0/s1. The minimum atomic E-state index is -1.27. The third-order valence-electron chi connectivity index (χ3n) is 6.39. The first-order chi connectivity index (χ1) is 10.9. The number of amides is 1. The zero-order chi connectivity index (χ0) is 16.2. The van der Waals surface area contributed by atoms with Crippen LogP contribution in [0.4, 0.5) is 0 Å². The van der Waals surface area contributed by atoms with Crippen LogP contribution < -0.4 is 5.32 Å². The molecule has 5 fully saturated rings. The number of nitriles is 1. The molecule has 1 heterocycles. The van der Waals surface area contributed by atoms with E-state index in [0.29, 0.717) is 31.2 Å². The molecule has 1 aliphatic heterocycles. The number of hydrogen-bond acceptors (Lipinski definition) is 5. The van der Waals surface area contributed by atoms with Crippen molar-refractivity contribution in [1.82, 2.24) is 10.2 Å². The molecule has 0 aromatic carbocycles. The summed E-state index contributed by atoms with van der Waals surface area (Å²) in [4.78, 5) is 14.0. The van der Waals surface area contributed by atoms with E-state index < -0.39 is 23.8 Å². The molecule has 3 N–H and O–H groups in total. The van der Waals surface area contributed by atoms with Crippen molar-refractivity contribution in [3.63, 3.8) is 0 Å². The highest BCUT2D eigenvalue weighted by molar-refractivity contribution is 5.81. The van der Waals surface area contributed by atoms with Gasteiger partial charge in [0, 0.05) is 12.1 Å². The van der Waals surface area contributed by atoms with E-state index in [9.17, 15) is 15.0 Å². The smallest absolute Gasteiger partial charge is 0.267 e. The Hall–Kier alpha value is -1.16. The van der Waals surface area contributed by atoms with Crippen molar-refractivity contribution in [1.29, 1.82) is 5.26 Å². The number of hydrogen-bond donors (Lipinski definition) is 3. The summed E-state index contributed by atoms with van der Waals surface area (Å²) in [6.45, 7) is 0.540. The molecule has 1 amide bonds. The van der Waals surface area contributed by atoms with Gasteiger partial charge in [-0.2, -0.15) is 5.26 Å². The molecule has 5 aliphatic rings. The molecule has 4 aliphatic carbocycles. The molecule has 6 nitrogen and oxygen atoms in total. The molecule has 3 unspecified atom stereocenters. The highest BCUT2D eigenvalue weighted by Gasteiger charge is 2.57. The van der Waals surface area contributed by atoms with Gasteiger partial charge in [0.15, 0.2) is 6.23 Å². The van der Waals surface area contributed by atoms with Crippen LogP contribution in [0.5, 0.6) is 0 Å². The van der Waals surface area contributed by atoms with Crippen LogP contribution >= 0.6 is 0 Å². The Labute approximate surface area is 136 Å². The van der Waals surface area contributed by atoms with Crippen LogP contribution in [0, 0.1) is 23.2 Å². The lowest BCUT2D eigenvalue weighted by Crippen LogP contribution is -2.67. The van der Waals surface area contributed by atoms with Gasteiger partial charge in [-0.25, -0.2) is 0 Å². The topological polar surface area (TPSA) is 96.6 Å². The normalized spacial score (nSPS) is 46.0. The number of nitrogens with one attached hydrogen (secondary N) is 1. The van der Waals surface area contributed by atoms with Crippen LogP contribution in [0.15, 0.2) is 0 Å². The predicted octanol–water partition coefficient (Wildman–Crippen LogP) is 0.493. The number of aliphatic hydroxyl groups is 2. The highest BCUT2D eigenvalue weighted by Crippen LogP contribution is 2.57. The molecule has 0 aromatic heterocycles. The molecule has 6 heteroatoms. The molecule has 4 bridgehead atoms. The number of nitrogens with zero attached hydrogens (tertiary/aromatic N) is 2. The summed E-state index contributed by atoms with van der Waals surface area (Å²) in [6, 6.07) is 1.72. The fraction of sp³-hybridized carbons (Fsp3) is 0.882. The Balaban J connectivity index is 1.47. The average Bonchev–Trinajstić information content (AvgIpc) is 2.91. The Morgan fingerprint density at radius 2 is 2.00 bits per heavy atom. The Kier molecular flexibility index (Phi) is 3.45. The largest absolute Gasteiger partial charge is 0.390 e. The lowest BCUT2D eigenvalue weighted by atomic mass is 9.51. The SMILES string of the molecule is N#C[C@@H]1CCCN1C(=O)C(O)NC12C[C@@H]3C[C@@H](CC(O)(C3)C1)C2. The van der Waals surface area contributed by atoms with Crippen LogP contribution in [0.25, 0.3) is 0 Å². The molecule has 0 radical (unpaired) electrons. The van der Waals surface area contributed by atoms with Crippen molar-refractivity contribution >= 4 is 5.91 Å². The van der Waals surface area contributed by atoms with Gasteiger partial charge in [0.2, 0.25) is 0 Å². The second-order valence-electron chi connectivity index (χ2n) is 8.33. The summed E-state index contributed by atoms with van der Waals surface area (Å²) in [7, 11) is 0. The van der Waals surface area contributed by atoms with Crippen molar-refractivity contribution in [3.05, 3.63) is 0 Å². The minimum absolute atomic E-state index is 0.324. The lowest BCUT2D eigenvalue weighted by molar-refractivity contribution is -0.162. The average molecular weight is 319 g/mol. The van der Waals surface area contributed by atoms with Crippen LogP contribution in [0.3, 0.4) is 0 Å². The second-order valence-corrected chi connectivity index (χ2v) is 8.33. The molecule has 6 atom stereocenters. The molecular weight excluding hydrogens is 294 g/mol. The molecule has 5 rings (SSSR count). The molecule has 126 valence electrons. The van der Waals surface area contributed by atoms with Gasteiger partial charge < -0.3 is 15.1 Å². The van der Waals surface area contributed by atoms with Gasteiger partial charge in [-0.05, 0) is 63.2 Å².